The normalized spacial score (nSPS) is 18.5. The van der Waals surface area contributed by atoms with Crippen LogP contribution < -0.4 is 10.8 Å². The molecule has 2 aromatic carbocycles. The molecular weight excluding hydrogens is 340 g/mol. The van der Waals surface area contributed by atoms with E-state index < -0.39 is 0 Å². The highest BCUT2D eigenvalue weighted by Gasteiger charge is 2.36. The highest BCUT2D eigenvalue weighted by molar-refractivity contribution is 5.88. The number of rotatable bonds is 4. The van der Waals surface area contributed by atoms with Gasteiger partial charge < -0.3 is 20.0 Å². The Bertz CT molecular complexity index is 1010. The number of hydroxylamine groups is 1. The molecule has 0 spiro atoms. The highest BCUT2D eigenvalue weighted by atomic mass is 16.5. The summed E-state index contributed by atoms with van der Waals surface area (Å²) >= 11 is 0. The van der Waals surface area contributed by atoms with Gasteiger partial charge in [0.05, 0.1) is 6.54 Å². The van der Waals surface area contributed by atoms with Crippen LogP contribution in [0.1, 0.15) is 28.3 Å². The van der Waals surface area contributed by atoms with E-state index in [1.54, 1.807) is 0 Å². The van der Waals surface area contributed by atoms with E-state index in [0.717, 1.165) is 18.7 Å². The molecule has 0 saturated carbocycles. The number of nitrogens with zero attached hydrogens (tertiary/aromatic N) is 2. The number of fused-ring (bicyclic) bond motifs is 6. The minimum Gasteiger partial charge on any atom is -0.338 e. The third-order valence-corrected chi connectivity index (χ3v) is 5.75. The van der Waals surface area contributed by atoms with Crippen LogP contribution in [0.5, 0.6) is 0 Å². The molecule has 3 N–H and O–H groups in total. The van der Waals surface area contributed by atoms with Gasteiger partial charge in [0.1, 0.15) is 0 Å². The zero-order chi connectivity index (χ0) is 18.4. The van der Waals surface area contributed by atoms with Crippen molar-refractivity contribution >= 4 is 16.9 Å². The second-order valence-corrected chi connectivity index (χ2v) is 7.38. The molecule has 2 aliphatic heterocycles. The predicted molar refractivity (Wildman–Crippen MR) is 103 cm³/mol. The second kappa shape index (κ2) is 6.40. The monoisotopic (exact) mass is 362 g/mol. The maximum atomic E-state index is 12.2. The summed E-state index contributed by atoms with van der Waals surface area (Å²) in [5.74, 6) is 0.343. The van der Waals surface area contributed by atoms with Crippen molar-refractivity contribution < 1.29 is 10.0 Å². The Labute approximate surface area is 157 Å². The Morgan fingerprint density at radius 3 is 2.70 bits per heavy atom. The van der Waals surface area contributed by atoms with Gasteiger partial charge in [0, 0.05) is 48.7 Å². The Hall–Kier alpha value is -2.83. The van der Waals surface area contributed by atoms with E-state index in [1.165, 1.54) is 27.7 Å². The fourth-order valence-electron chi connectivity index (χ4n) is 4.47. The van der Waals surface area contributed by atoms with Crippen LogP contribution in [-0.2, 0) is 19.6 Å². The molecule has 138 valence electrons. The average molecular weight is 362 g/mol. The van der Waals surface area contributed by atoms with Crippen molar-refractivity contribution in [1.82, 2.24) is 20.3 Å². The van der Waals surface area contributed by atoms with E-state index in [4.69, 9.17) is 5.21 Å². The molecular formula is C21H22N4O2. The Kier molecular flexibility index (Phi) is 3.88. The van der Waals surface area contributed by atoms with Gasteiger partial charge in [-0.25, -0.2) is 10.3 Å². The van der Waals surface area contributed by atoms with Gasteiger partial charge in [-0.2, -0.15) is 0 Å². The number of carbonyl (C=O) groups is 1. The average Bonchev–Trinajstić information content (AvgIpc) is 3.01. The third kappa shape index (κ3) is 2.69. The summed E-state index contributed by atoms with van der Waals surface area (Å²) in [5, 5.41) is 13.2. The van der Waals surface area contributed by atoms with Crippen molar-refractivity contribution in [1.29, 1.82) is 0 Å². The first kappa shape index (κ1) is 16.4. The molecule has 1 unspecified atom stereocenters. The number of urea groups is 1. The summed E-state index contributed by atoms with van der Waals surface area (Å²) in [6, 6.07) is 16.8. The SMILES string of the molecule is O=C1NCC2CN1Cc1c2c2ccccc2n1Cc1ccc(CNO)cc1. The predicted octanol–water partition coefficient (Wildman–Crippen LogP) is 2.79. The molecule has 3 aromatic rings. The smallest absolute Gasteiger partial charge is 0.317 e. The highest BCUT2D eigenvalue weighted by Crippen LogP contribution is 2.38. The molecule has 2 amide bonds. The lowest BCUT2D eigenvalue weighted by molar-refractivity contribution is 0.161. The summed E-state index contributed by atoms with van der Waals surface area (Å²) in [5.41, 5.74) is 8.31. The van der Waals surface area contributed by atoms with Crippen molar-refractivity contribution in [2.75, 3.05) is 13.1 Å². The lowest BCUT2D eigenvalue weighted by atomic mass is 9.90. The minimum atomic E-state index is 0.0366. The maximum Gasteiger partial charge on any atom is 0.317 e. The number of benzene rings is 2. The maximum absolute atomic E-state index is 12.2. The van der Waals surface area contributed by atoms with Gasteiger partial charge in [0.2, 0.25) is 0 Å². The van der Waals surface area contributed by atoms with Crippen LogP contribution in [0.2, 0.25) is 0 Å². The van der Waals surface area contributed by atoms with Crippen LogP contribution >= 0.6 is 0 Å². The van der Waals surface area contributed by atoms with E-state index >= 15 is 0 Å². The quantitative estimate of drug-likeness (QED) is 0.625. The molecule has 27 heavy (non-hydrogen) atoms. The number of hydrogen-bond acceptors (Lipinski definition) is 3. The van der Waals surface area contributed by atoms with Crippen LogP contribution in [0, 0.1) is 0 Å². The van der Waals surface area contributed by atoms with Crippen molar-refractivity contribution in [2.24, 2.45) is 0 Å². The van der Waals surface area contributed by atoms with Crippen molar-refractivity contribution in [2.45, 2.75) is 25.6 Å². The fourth-order valence-corrected chi connectivity index (χ4v) is 4.47. The van der Waals surface area contributed by atoms with Gasteiger partial charge in [0.25, 0.3) is 0 Å². The fraction of sp³-hybridized carbons (Fsp3) is 0.286. The number of hydrogen-bond donors (Lipinski definition) is 3. The minimum absolute atomic E-state index is 0.0366. The van der Waals surface area contributed by atoms with Crippen LogP contribution in [0.4, 0.5) is 4.79 Å². The molecule has 2 bridgehead atoms. The molecule has 5 rings (SSSR count). The largest absolute Gasteiger partial charge is 0.338 e. The van der Waals surface area contributed by atoms with Crippen LogP contribution in [0.3, 0.4) is 0 Å². The molecule has 6 nitrogen and oxygen atoms in total. The molecule has 0 aliphatic carbocycles. The Morgan fingerprint density at radius 2 is 1.89 bits per heavy atom. The Balaban J connectivity index is 1.59. The van der Waals surface area contributed by atoms with Crippen molar-refractivity contribution in [3.8, 4) is 0 Å². The molecule has 1 saturated heterocycles. The summed E-state index contributed by atoms with van der Waals surface area (Å²) in [7, 11) is 0. The molecule has 3 heterocycles. The summed E-state index contributed by atoms with van der Waals surface area (Å²) in [6.07, 6.45) is 0. The lowest BCUT2D eigenvalue weighted by Crippen LogP contribution is -2.52. The zero-order valence-corrected chi connectivity index (χ0v) is 15.0. The van der Waals surface area contributed by atoms with E-state index in [9.17, 15) is 4.79 Å². The first-order valence-corrected chi connectivity index (χ1v) is 9.32. The van der Waals surface area contributed by atoms with Gasteiger partial charge in [0.15, 0.2) is 0 Å². The summed E-state index contributed by atoms with van der Waals surface area (Å²) in [4.78, 5) is 14.1. The molecule has 1 fully saturated rings. The molecule has 2 aliphatic rings. The lowest BCUT2D eigenvalue weighted by Gasteiger charge is -2.38. The van der Waals surface area contributed by atoms with Gasteiger partial charge in [-0.3, -0.25) is 0 Å². The Morgan fingerprint density at radius 1 is 1.11 bits per heavy atom. The van der Waals surface area contributed by atoms with Gasteiger partial charge in [-0.15, -0.1) is 0 Å². The van der Waals surface area contributed by atoms with Gasteiger partial charge in [-0.05, 0) is 22.8 Å². The first-order chi connectivity index (χ1) is 13.2. The van der Waals surface area contributed by atoms with Gasteiger partial charge >= 0.3 is 6.03 Å². The van der Waals surface area contributed by atoms with Crippen molar-refractivity contribution in [3.63, 3.8) is 0 Å². The van der Waals surface area contributed by atoms with E-state index in [1.807, 2.05) is 17.0 Å². The number of carbonyl (C=O) groups excluding carboxylic acids is 1. The number of nitrogens with one attached hydrogen (secondary N) is 2. The van der Waals surface area contributed by atoms with Crippen LogP contribution in [0.25, 0.3) is 10.9 Å². The topological polar surface area (TPSA) is 69.5 Å². The molecule has 0 radical (unpaired) electrons. The van der Waals surface area contributed by atoms with Crippen LogP contribution in [0.15, 0.2) is 48.5 Å². The van der Waals surface area contributed by atoms with Crippen molar-refractivity contribution in [3.05, 3.63) is 70.9 Å². The van der Waals surface area contributed by atoms with E-state index in [2.05, 4.69) is 51.8 Å². The standard InChI is InChI=1S/C21H22N4O2/c26-21-22-10-16-12-24(21)13-19-20(16)17-3-1-2-4-18(17)25(19)11-15-7-5-14(6-8-15)9-23-27/h1-8,16,23,27H,9-13H2,(H,22,26). The number of para-hydroxylation sites is 1. The van der Waals surface area contributed by atoms with E-state index in [0.29, 0.717) is 25.6 Å². The third-order valence-electron chi connectivity index (χ3n) is 5.75. The first-order valence-electron chi connectivity index (χ1n) is 9.32. The van der Waals surface area contributed by atoms with Crippen LogP contribution in [-0.4, -0.2) is 33.8 Å². The summed E-state index contributed by atoms with van der Waals surface area (Å²) in [6.45, 7) is 3.37. The second-order valence-electron chi connectivity index (χ2n) is 7.38. The molecule has 1 aromatic heterocycles. The van der Waals surface area contributed by atoms with Gasteiger partial charge in [-0.1, -0.05) is 42.5 Å². The number of amides is 2. The molecule has 6 heteroatoms. The number of aromatic nitrogens is 1. The van der Waals surface area contributed by atoms with E-state index in [-0.39, 0.29) is 6.03 Å². The molecule has 1 atom stereocenters. The zero-order valence-electron chi connectivity index (χ0n) is 15.0. The summed E-state index contributed by atoms with van der Waals surface area (Å²) < 4.78 is 2.36.